The fourth-order valence-corrected chi connectivity index (χ4v) is 2.99. The van der Waals surface area contributed by atoms with Crippen molar-refractivity contribution in [1.82, 2.24) is 0 Å². The van der Waals surface area contributed by atoms with E-state index >= 15 is 0 Å². The molecule has 0 aliphatic rings. The van der Waals surface area contributed by atoms with Crippen molar-refractivity contribution < 1.29 is 38.9 Å². The van der Waals surface area contributed by atoms with Crippen LogP contribution in [0.1, 0.15) is 27.8 Å². The van der Waals surface area contributed by atoms with Crippen molar-refractivity contribution in [3.05, 3.63) is 58.1 Å². The molecule has 0 spiro atoms. The minimum atomic E-state index is -4.74. The van der Waals surface area contributed by atoms with Gasteiger partial charge in [-0.05, 0) is 52.1 Å². The minimum absolute atomic E-state index is 0.101. The van der Waals surface area contributed by atoms with Gasteiger partial charge in [-0.15, -0.1) is 0 Å². The van der Waals surface area contributed by atoms with E-state index in [4.69, 9.17) is 14.5 Å². The number of phosphoric ester groups is 1. The van der Waals surface area contributed by atoms with Gasteiger partial charge >= 0.3 is 7.82 Å². The highest BCUT2D eigenvalue weighted by Crippen LogP contribution is 2.42. The normalized spacial score (nSPS) is 11.8. The van der Waals surface area contributed by atoms with Crippen molar-refractivity contribution in [3.8, 4) is 11.5 Å². The molecule has 0 aromatic heterocycles. The molecule has 0 bridgehead atoms. The number of aliphatic hydroxyl groups is 3. The van der Waals surface area contributed by atoms with Crippen LogP contribution in [0.2, 0.25) is 0 Å². The monoisotopic (exact) mass is 396 g/mol. The molecule has 5 N–H and O–H groups in total. The van der Waals surface area contributed by atoms with Crippen LogP contribution in [0.5, 0.6) is 11.5 Å². The topological polar surface area (TPSA) is 137 Å². The van der Waals surface area contributed by atoms with Crippen molar-refractivity contribution in [2.45, 2.75) is 19.8 Å². The molecule has 0 amide bonds. The molecule has 0 unspecified atom stereocenters. The van der Waals surface area contributed by atoms with E-state index in [9.17, 15) is 19.9 Å². The van der Waals surface area contributed by atoms with Crippen molar-refractivity contribution in [2.24, 2.45) is 0 Å². The average molecular weight is 396 g/mol. The number of benzene rings is 2. The maximum Gasteiger partial charge on any atom is 0.524 e. The van der Waals surface area contributed by atoms with Crippen LogP contribution < -0.4 is 9.26 Å². The Morgan fingerprint density at radius 2 is 1.48 bits per heavy atom. The molecule has 8 nitrogen and oxygen atoms in total. The summed E-state index contributed by atoms with van der Waals surface area (Å²) in [6.07, 6.45) is 3.37. The number of aliphatic hydroxyl groups excluding tert-OH is 3. The van der Waals surface area contributed by atoms with E-state index in [0.717, 1.165) is 0 Å². The van der Waals surface area contributed by atoms with Crippen LogP contribution in [0.3, 0.4) is 0 Å². The van der Waals surface area contributed by atoms with Gasteiger partial charge in [0, 0.05) is 0 Å². The fraction of sp³-hybridized carbons (Fsp3) is 0.222. The zero-order valence-electron chi connectivity index (χ0n) is 14.6. The second-order valence-corrected chi connectivity index (χ2v) is 6.78. The van der Waals surface area contributed by atoms with Gasteiger partial charge in [-0.3, -0.25) is 9.79 Å². The molecule has 0 radical (unpaired) electrons. The van der Waals surface area contributed by atoms with Crippen LogP contribution in [0.25, 0.3) is 12.2 Å². The van der Waals surface area contributed by atoms with Crippen LogP contribution in [0.15, 0.2) is 30.3 Å². The molecule has 0 fully saturated rings. The Labute approximate surface area is 156 Å². The van der Waals surface area contributed by atoms with Crippen LogP contribution >= 0.6 is 7.82 Å². The third kappa shape index (κ3) is 5.64. The molecule has 2 aromatic rings. The summed E-state index contributed by atoms with van der Waals surface area (Å²) in [5.74, 6) is 0.0728. The molecular weight excluding hydrogens is 375 g/mol. The van der Waals surface area contributed by atoms with Gasteiger partial charge < -0.3 is 24.6 Å². The Morgan fingerprint density at radius 1 is 0.889 bits per heavy atom. The fourth-order valence-electron chi connectivity index (χ4n) is 2.59. The predicted molar refractivity (Wildman–Crippen MR) is 98.8 cm³/mol. The maximum absolute atomic E-state index is 11.1. The lowest BCUT2D eigenvalue weighted by molar-refractivity contribution is 0.247. The predicted octanol–water partition coefficient (Wildman–Crippen LogP) is 1.81. The second-order valence-electron chi connectivity index (χ2n) is 5.62. The third-order valence-corrected chi connectivity index (χ3v) is 4.26. The summed E-state index contributed by atoms with van der Waals surface area (Å²) >= 11 is 0. The third-order valence-electron chi connectivity index (χ3n) is 3.83. The Kier molecular flexibility index (Phi) is 7.15. The highest BCUT2D eigenvalue weighted by atomic mass is 31.2. The Bertz CT molecular complexity index is 847. The minimum Gasteiger partial charge on any atom is -0.493 e. The quantitative estimate of drug-likeness (QED) is 0.337. The van der Waals surface area contributed by atoms with Gasteiger partial charge in [0.15, 0.2) is 11.5 Å². The van der Waals surface area contributed by atoms with Crippen LogP contribution in [-0.2, 0) is 24.4 Å². The lowest BCUT2D eigenvalue weighted by atomic mass is 9.98. The maximum atomic E-state index is 11.1. The van der Waals surface area contributed by atoms with Gasteiger partial charge in [-0.25, -0.2) is 4.57 Å². The van der Waals surface area contributed by atoms with Gasteiger partial charge in [0.1, 0.15) is 0 Å². The number of hydrogen-bond acceptors (Lipinski definition) is 6. The summed E-state index contributed by atoms with van der Waals surface area (Å²) < 4.78 is 20.7. The molecule has 0 saturated heterocycles. The first kappa shape index (κ1) is 21.1. The first-order valence-electron chi connectivity index (χ1n) is 7.89. The largest absolute Gasteiger partial charge is 0.524 e. The summed E-state index contributed by atoms with van der Waals surface area (Å²) in [4.78, 5) is 18.0. The molecule has 0 saturated carbocycles. The van der Waals surface area contributed by atoms with E-state index in [-0.39, 0.29) is 31.3 Å². The van der Waals surface area contributed by atoms with Crippen LogP contribution in [-0.4, -0.2) is 32.2 Å². The number of phosphoric acid groups is 1. The molecular formula is C18H21O8P. The summed E-state index contributed by atoms with van der Waals surface area (Å²) in [5, 5.41) is 28.3. The van der Waals surface area contributed by atoms with Crippen molar-refractivity contribution in [1.29, 1.82) is 0 Å². The standard InChI is InChI=1S/C18H21O8P/c1-25-17-5-4-12(8-18(17)26-27(22,23)24)2-3-13-6-14(9-19)16(11-21)15(7-13)10-20/h2-8,19-21H,9-11H2,1H3,(H2,22,23,24)/b3-2-. The van der Waals surface area contributed by atoms with Crippen molar-refractivity contribution in [2.75, 3.05) is 7.11 Å². The smallest absolute Gasteiger partial charge is 0.493 e. The average Bonchev–Trinajstić information content (AvgIpc) is 2.64. The van der Waals surface area contributed by atoms with E-state index in [2.05, 4.69) is 4.52 Å². The van der Waals surface area contributed by atoms with E-state index in [1.807, 2.05) is 0 Å². The summed E-state index contributed by atoms with van der Waals surface area (Å²) in [7, 11) is -3.38. The molecule has 146 valence electrons. The molecule has 27 heavy (non-hydrogen) atoms. The molecule has 0 aliphatic heterocycles. The lowest BCUT2D eigenvalue weighted by Gasteiger charge is -2.12. The number of rotatable bonds is 8. The van der Waals surface area contributed by atoms with Crippen molar-refractivity contribution in [3.63, 3.8) is 0 Å². The Balaban J connectivity index is 2.37. The highest BCUT2D eigenvalue weighted by Gasteiger charge is 2.19. The molecule has 0 aliphatic carbocycles. The van der Waals surface area contributed by atoms with E-state index in [1.165, 1.54) is 19.2 Å². The van der Waals surface area contributed by atoms with Crippen molar-refractivity contribution >= 4 is 20.0 Å². The summed E-state index contributed by atoms with van der Waals surface area (Å²) in [6.45, 7) is -0.863. The zero-order chi connectivity index (χ0) is 20.0. The number of ether oxygens (including phenoxy) is 1. The molecule has 0 heterocycles. The zero-order valence-corrected chi connectivity index (χ0v) is 15.5. The first-order valence-corrected chi connectivity index (χ1v) is 9.42. The number of hydrogen-bond donors (Lipinski definition) is 5. The molecule has 9 heteroatoms. The van der Waals surface area contributed by atoms with Crippen LogP contribution in [0.4, 0.5) is 0 Å². The first-order chi connectivity index (χ1) is 12.8. The van der Waals surface area contributed by atoms with Gasteiger partial charge in [-0.1, -0.05) is 18.2 Å². The Hall–Kier alpha value is -2.19. The number of methoxy groups -OCH3 is 1. The van der Waals surface area contributed by atoms with E-state index < -0.39 is 7.82 Å². The van der Waals surface area contributed by atoms with Gasteiger partial charge in [-0.2, -0.15) is 0 Å². The second kappa shape index (κ2) is 9.14. The summed E-state index contributed by atoms with van der Waals surface area (Å²) in [6, 6.07) is 7.95. The lowest BCUT2D eigenvalue weighted by Crippen LogP contribution is -2.01. The molecule has 2 aromatic carbocycles. The van der Waals surface area contributed by atoms with Gasteiger partial charge in [0.25, 0.3) is 0 Å². The van der Waals surface area contributed by atoms with Gasteiger partial charge in [0.05, 0.1) is 26.9 Å². The SMILES string of the molecule is COc1ccc(/C=C\c2cc(CO)c(CO)c(CO)c2)cc1OP(=O)(O)O. The van der Waals surface area contributed by atoms with Crippen LogP contribution in [0, 0.1) is 0 Å². The van der Waals surface area contributed by atoms with E-state index in [0.29, 0.717) is 27.8 Å². The molecule has 0 atom stereocenters. The summed E-state index contributed by atoms with van der Waals surface area (Å²) in [5.41, 5.74) is 2.75. The van der Waals surface area contributed by atoms with Gasteiger partial charge in [0.2, 0.25) is 0 Å². The Morgan fingerprint density at radius 3 is 1.96 bits per heavy atom. The van der Waals surface area contributed by atoms with E-state index in [1.54, 1.807) is 30.4 Å². The highest BCUT2D eigenvalue weighted by molar-refractivity contribution is 7.46. The molecule has 2 rings (SSSR count).